The lowest BCUT2D eigenvalue weighted by Gasteiger charge is -2.44. The van der Waals surface area contributed by atoms with Gasteiger partial charge in [-0.1, -0.05) is 58.8 Å². The predicted octanol–water partition coefficient (Wildman–Crippen LogP) is 7.28. The van der Waals surface area contributed by atoms with Gasteiger partial charge in [0.25, 0.3) is 0 Å². The molecule has 0 aliphatic heterocycles. The molecule has 2 aromatic rings. The van der Waals surface area contributed by atoms with Crippen LogP contribution in [0.2, 0.25) is 16.6 Å². The first-order chi connectivity index (χ1) is 16.2. The maximum Gasteiger partial charge on any atom is 0.321 e. The molecule has 0 spiro atoms. The summed E-state index contributed by atoms with van der Waals surface area (Å²) in [5, 5.41) is 4.76. The summed E-state index contributed by atoms with van der Waals surface area (Å²) >= 11 is 0. The van der Waals surface area contributed by atoms with Crippen molar-refractivity contribution in [1.29, 1.82) is 0 Å². The van der Waals surface area contributed by atoms with E-state index in [-0.39, 0.29) is 6.42 Å². The molecule has 2 rings (SSSR count). The van der Waals surface area contributed by atoms with Gasteiger partial charge in [-0.3, -0.25) is 9.59 Å². The van der Waals surface area contributed by atoms with E-state index in [1.807, 2.05) is 12.1 Å². The number of carbonyl (C=O) groups is 2. The van der Waals surface area contributed by atoms with E-state index in [0.717, 1.165) is 16.5 Å². The van der Waals surface area contributed by atoms with E-state index >= 15 is 0 Å². The molecular formula is C26H40N4O4Si. The molecule has 1 aromatic heterocycles. The topological polar surface area (TPSA) is 106 Å². The number of methoxy groups -OCH3 is 1. The van der Waals surface area contributed by atoms with E-state index in [1.165, 1.54) is 7.11 Å². The SMILES string of the molecule is COC(=O)[C@@H](Cc1cn([Si](C(C)C)(C(C)C)C(C)C)c2cc(N=[N+]=[N-])ccc12)C(=O)OC(C)(C)C. The minimum Gasteiger partial charge on any atom is -0.468 e. The van der Waals surface area contributed by atoms with Crippen LogP contribution in [-0.2, 0) is 25.5 Å². The molecule has 0 radical (unpaired) electrons. The summed E-state index contributed by atoms with van der Waals surface area (Å²) in [5.41, 5.74) is 11.9. The Morgan fingerprint density at radius 2 is 1.63 bits per heavy atom. The first kappa shape index (κ1) is 28.5. The van der Waals surface area contributed by atoms with E-state index in [1.54, 1.807) is 26.8 Å². The largest absolute Gasteiger partial charge is 0.468 e. The van der Waals surface area contributed by atoms with Crippen LogP contribution in [0.4, 0.5) is 5.69 Å². The number of hydrogen-bond donors (Lipinski definition) is 0. The van der Waals surface area contributed by atoms with Gasteiger partial charge in [-0.2, -0.15) is 0 Å². The maximum absolute atomic E-state index is 13.0. The Kier molecular flexibility index (Phi) is 8.84. The van der Waals surface area contributed by atoms with Crippen LogP contribution < -0.4 is 0 Å². The summed E-state index contributed by atoms with van der Waals surface area (Å²) in [4.78, 5) is 28.6. The Labute approximate surface area is 209 Å². The number of nitrogens with zero attached hydrogens (tertiary/aromatic N) is 4. The minimum atomic E-state index is -2.20. The normalized spacial score (nSPS) is 13.3. The molecule has 9 heteroatoms. The van der Waals surface area contributed by atoms with Crippen molar-refractivity contribution < 1.29 is 19.1 Å². The molecule has 0 bridgehead atoms. The minimum absolute atomic E-state index is 0.157. The zero-order chi connectivity index (χ0) is 26.7. The summed E-state index contributed by atoms with van der Waals surface area (Å²) < 4.78 is 12.9. The van der Waals surface area contributed by atoms with Crippen molar-refractivity contribution >= 4 is 36.8 Å². The molecule has 0 unspecified atom stereocenters. The zero-order valence-corrected chi connectivity index (χ0v) is 23.7. The Balaban J connectivity index is 2.82. The van der Waals surface area contributed by atoms with Gasteiger partial charge in [-0.25, -0.2) is 0 Å². The molecule has 1 aromatic carbocycles. The summed E-state index contributed by atoms with van der Waals surface area (Å²) in [6.45, 7) is 18.9. The zero-order valence-electron chi connectivity index (χ0n) is 22.7. The fourth-order valence-corrected chi connectivity index (χ4v) is 12.4. The van der Waals surface area contributed by atoms with Crippen molar-refractivity contribution in [3.8, 4) is 0 Å². The van der Waals surface area contributed by atoms with Crippen molar-refractivity contribution in [3.05, 3.63) is 40.4 Å². The second-order valence-corrected chi connectivity index (χ2v) is 16.8. The molecule has 1 atom stereocenters. The molecule has 0 aliphatic rings. The summed E-state index contributed by atoms with van der Waals surface area (Å²) in [6, 6.07) is 5.59. The van der Waals surface area contributed by atoms with Crippen LogP contribution in [0.15, 0.2) is 29.5 Å². The van der Waals surface area contributed by atoms with Crippen LogP contribution in [-0.4, -0.2) is 37.1 Å². The quantitative estimate of drug-likeness (QED) is 0.0900. The molecule has 35 heavy (non-hydrogen) atoms. The van der Waals surface area contributed by atoms with Gasteiger partial charge in [0.05, 0.1) is 7.11 Å². The molecule has 0 amide bonds. The van der Waals surface area contributed by atoms with Gasteiger partial charge in [0.1, 0.15) is 5.60 Å². The number of esters is 2. The fourth-order valence-electron chi connectivity index (χ4n) is 5.72. The van der Waals surface area contributed by atoms with Gasteiger partial charge in [-0.15, -0.1) is 0 Å². The third-order valence-electron chi connectivity index (χ3n) is 6.82. The number of aromatic nitrogens is 1. The smallest absolute Gasteiger partial charge is 0.321 e. The second-order valence-electron chi connectivity index (χ2n) is 11.1. The molecule has 0 saturated heterocycles. The Bertz CT molecular complexity index is 1100. The van der Waals surface area contributed by atoms with E-state index in [0.29, 0.717) is 22.3 Å². The molecule has 0 fully saturated rings. The standard InChI is InChI=1S/C26H40N4O4Si/c1-16(2)35(17(3)4,18(5)6)30-15-19(21-12-11-20(28-29-27)14-23(21)30)13-22(24(31)33-10)25(32)34-26(7,8)9/h11-12,14-18,22H,13H2,1-10H3/t22-/m1/s1. The van der Waals surface area contributed by atoms with Crippen molar-refractivity contribution in [2.75, 3.05) is 7.11 Å². The maximum atomic E-state index is 13.0. The number of azide groups is 1. The molecule has 192 valence electrons. The van der Waals surface area contributed by atoms with Gasteiger partial charge in [0.15, 0.2) is 14.2 Å². The average Bonchev–Trinajstić information content (AvgIpc) is 3.08. The van der Waals surface area contributed by atoms with E-state index in [4.69, 9.17) is 15.0 Å². The number of fused-ring (bicyclic) bond motifs is 1. The van der Waals surface area contributed by atoms with Crippen molar-refractivity contribution in [3.63, 3.8) is 0 Å². The first-order valence-corrected chi connectivity index (χ1v) is 14.4. The highest BCUT2D eigenvalue weighted by molar-refractivity contribution is 6.82. The van der Waals surface area contributed by atoms with E-state index < -0.39 is 31.7 Å². The van der Waals surface area contributed by atoms with Gasteiger partial charge >= 0.3 is 11.9 Å². The van der Waals surface area contributed by atoms with Gasteiger partial charge in [-0.05, 0) is 67.2 Å². The van der Waals surface area contributed by atoms with Gasteiger partial charge in [0.2, 0.25) is 0 Å². The van der Waals surface area contributed by atoms with E-state index in [9.17, 15) is 9.59 Å². The number of ether oxygens (including phenoxy) is 2. The second kappa shape index (κ2) is 10.9. The summed E-state index contributed by atoms with van der Waals surface area (Å²) in [5.74, 6) is -2.30. The highest BCUT2D eigenvalue weighted by Gasteiger charge is 2.46. The number of benzene rings is 1. The van der Waals surface area contributed by atoms with Crippen molar-refractivity contribution in [2.24, 2.45) is 11.0 Å². The molecule has 1 heterocycles. The monoisotopic (exact) mass is 500 g/mol. The molecule has 0 aliphatic carbocycles. The molecule has 0 N–H and O–H groups in total. The van der Waals surface area contributed by atoms with Crippen LogP contribution >= 0.6 is 0 Å². The Morgan fingerprint density at radius 1 is 1.06 bits per heavy atom. The average molecular weight is 501 g/mol. The van der Waals surface area contributed by atoms with Crippen LogP contribution in [0.1, 0.15) is 67.9 Å². The fraction of sp³-hybridized carbons (Fsp3) is 0.615. The van der Waals surface area contributed by atoms with Crippen LogP contribution in [0.3, 0.4) is 0 Å². The van der Waals surface area contributed by atoms with Crippen LogP contribution in [0.25, 0.3) is 21.3 Å². The summed E-state index contributed by atoms with van der Waals surface area (Å²) in [7, 11) is -0.914. The van der Waals surface area contributed by atoms with Crippen molar-refractivity contribution in [2.45, 2.75) is 91.0 Å². The third-order valence-corrected chi connectivity index (χ3v) is 13.6. The predicted molar refractivity (Wildman–Crippen MR) is 142 cm³/mol. The number of hydrogen-bond acceptors (Lipinski definition) is 5. The van der Waals surface area contributed by atoms with Crippen molar-refractivity contribution in [1.82, 2.24) is 4.23 Å². The lowest BCUT2D eigenvalue weighted by Crippen LogP contribution is -2.51. The van der Waals surface area contributed by atoms with Crippen LogP contribution in [0, 0.1) is 5.92 Å². The van der Waals surface area contributed by atoms with Crippen LogP contribution in [0.5, 0.6) is 0 Å². The summed E-state index contributed by atoms with van der Waals surface area (Å²) in [6.07, 6.45) is 2.27. The Hall–Kier alpha value is -2.77. The highest BCUT2D eigenvalue weighted by atomic mass is 28.3. The number of carbonyl (C=O) groups excluding carboxylic acids is 2. The highest BCUT2D eigenvalue weighted by Crippen LogP contribution is 2.45. The lowest BCUT2D eigenvalue weighted by atomic mass is 9.98. The molecular weight excluding hydrogens is 460 g/mol. The first-order valence-electron chi connectivity index (χ1n) is 12.2. The van der Waals surface area contributed by atoms with Gasteiger partial charge in [0, 0.05) is 21.5 Å². The molecule has 0 saturated carbocycles. The lowest BCUT2D eigenvalue weighted by molar-refractivity contribution is -0.168. The van der Waals surface area contributed by atoms with E-state index in [2.05, 4.69) is 62.0 Å². The molecule has 8 nitrogen and oxygen atoms in total. The third kappa shape index (κ3) is 5.73. The number of rotatable bonds is 9. The van der Waals surface area contributed by atoms with Gasteiger partial charge < -0.3 is 13.7 Å². The Morgan fingerprint density at radius 3 is 2.09 bits per heavy atom.